The number of nitrogens with zero attached hydrogens (tertiary/aromatic N) is 2. The SMILES string of the molecule is CC(C)(C)OC(=O)NCC1CCCC1NCc1cccnn1. The first kappa shape index (κ1) is 16.7. The van der Waals surface area contributed by atoms with Crippen LogP contribution in [0.25, 0.3) is 0 Å². The van der Waals surface area contributed by atoms with Crippen molar-refractivity contribution in [3.05, 3.63) is 24.0 Å². The molecule has 2 atom stereocenters. The van der Waals surface area contributed by atoms with Crippen LogP contribution in [0.1, 0.15) is 45.7 Å². The summed E-state index contributed by atoms with van der Waals surface area (Å²) in [5.41, 5.74) is 0.483. The molecule has 1 aromatic heterocycles. The molecule has 1 fully saturated rings. The summed E-state index contributed by atoms with van der Waals surface area (Å²) >= 11 is 0. The lowest BCUT2D eigenvalue weighted by molar-refractivity contribution is 0.0517. The van der Waals surface area contributed by atoms with E-state index in [1.54, 1.807) is 6.20 Å². The van der Waals surface area contributed by atoms with Crippen molar-refractivity contribution in [2.24, 2.45) is 5.92 Å². The van der Waals surface area contributed by atoms with E-state index in [0.717, 1.165) is 18.5 Å². The maximum atomic E-state index is 11.7. The predicted octanol–water partition coefficient (Wildman–Crippen LogP) is 2.26. The lowest BCUT2D eigenvalue weighted by atomic mass is 10.0. The largest absolute Gasteiger partial charge is 0.444 e. The van der Waals surface area contributed by atoms with E-state index in [-0.39, 0.29) is 6.09 Å². The highest BCUT2D eigenvalue weighted by molar-refractivity contribution is 5.67. The summed E-state index contributed by atoms with van der Waals surface area (Å²) in [5.74, 6) is 0.434. The minimum Gasteiger partial charge on any atom is -0.444 e. The van der Waals surface area contributed by atoms with Gasteiger partial charge in [-0.1, -0.05) is 6.42 Å². The predicted molar refractivity (Wildman–Crippen MR) is 84.2 cm³/mol. The normalized spacial score (nSPS) is 21.6. The molecule has 22 heavy (non-hydrogen) atoms. The Balaban J connectivity index is 1.75. The standard InChI is InChI=1S/C16H26N4O2/c1-16(2,3)22-15(21)18-10-12-6-4-8-14(12)17-11-13-7-5-9-19-20-13/h5,7,9,12,14,17H,4,6,8,10-11H2,1-3H3,(H,18,21). The summed E-state index contributed by atoms with van der Waals surface area (Å²) in [4.78, 5) is 11.7. The van der Waals surface area contributed by atoms with Crippen LogP contribution in [0, 0.1) is 5.92 Å². The summed E-state index contributed by atoms with van der Waals surface area (Å²) in [6, 6.07) is 4.25. The molecule has 1 saturated carbocycles. The molecule has 1 amide bonds. The second-order valence-corrected chi connectivity index (χ2v) is 6.78. The lowest BCUT2D eigenvalue weighted by Gasteiger charge is -2.23. The van der Waals surface area contributed by atoms with Crippen LogP contribution in [0.15, 0.2) is 18.3 Å². The van der Waals surface area contributed by atoms with E-state index in [9.17, 15) is 4.79 Å². The summed E-state index contributed by atoms with van der Waals surface area (Å²) < 4.78 is 5.27. The van der Waals surface area contributed by atoms with E-state index in [2.05, 4.69) is 20.8 Å². The number of carbonyl (C=O) groups is 1. The van der Waals surface area contributed by atoms with Gasteiger partial charge in [-0.25, -0.2) is 4.79 Å². The molecule has 0 spiro atoms. The minimum atomic E-state index is -0.455. The van der Waals surface area contributed by atoms with Crippen LogP contribution in [0.2, 0.25) is 0 Å². The van der Waals surface area contributed by atoms with Crippen molar-refractivity contribution in [3.63, 3.8) is 0 Å². The molecule has 1 aliphatic carbocycles. The Morgan fingerprint density at radius 2 is 2.23 bits per heavy atom. The molecule has 6 nitrogen and oxygen atoms in total. The zero-order chi connectivity index (χ0) is 16.0. The summed E-state index contributed by atoms with van der Waals surface area (Å²) in [6.07, 6.45) is 4.76. The fraction of sp³-hybridized carbons (Fsp3) is 0.688. The number of carbonyl (C=O) groups excluding carboxylic acids is 1. The van der Waals surface area contributed by atoms with Crippen LogP contribution in [0.4, 0.5) is 4.79 Å². The van der Waals surface area contributed by atoms with E-state index in [0.29, 0.717) is 25.0 Å². The average molecular weight is 306 g/mol. The van der Waals surface area contributed by atoms with E-state index in [1.807, 2.05) is 32.9 Å². The third-order valence-electron chi connectivity index (χ3n) is 3.74. The Bertz CT molecular complexity index is 473. The maximum absolute atomic E-state index is 11.7. The van der Waals surface area contributed by atoms with Crippen molar-refractivity contribution < 1.29 is 9.53 Å². The first-order valence-corrected chi connectivity index (χ1v) is 7.91. The number of hydrogen-bond acceptors (Lipinski definition) is 5. The number of ether oxygens (including phenoxy) is 1. The van der Waals surface area contributed by atoms with Crippen molar-refractivity contribution in [2.45, 2.75) is 58.2 Å². The Morgan fingerprint density at radius 1 is 1.41 bits per heavy atom. The van der Waals surface area contributed by atoms with E-state index >= 15 is 0 Å². The van der Waals surface area contributed by atoms with Crippen molar-refractivity contribution in [2.75, 3.05) is 6.54 Å². The van der Waals surface area contributed by atoms with Gasteiger partial charge in [0.1, 0.15) is 5.60 Å². The second-order valence-electron chi connectivity index (χ2n) is 6.78. The third-order valence-corrected chi connectivity index (χ3v) is 3.74. The smallest absolute Gasteiger partial charge is 0.407 e. The molecular weight excluding hydrogens is 280 g/mol. The van der Waals surface area contributed by atoms with Gasteiger partial charge in [0.2, 0.25) is 0 Å². The number of nitrogens with one attached hydrogen (secondary N) is 2. The zero-order valence-corrected chi connectivity index (χ0v) is 13.6. The summed E-state index contributed by atoms with van der Waals surface area (Å²) in [6.45, 7) is 6.96. The monoisotopic (exact) mass is 306 g/mol. The first-order valence-electron chi connectivity index (χ1n) is 7.91. The molecule has 2 N–H and O–H groups in total. The van der Waals surface area contributed by atoms with E-state index in [1.165, 1.54) is 6.42 Å². The molecular formula is C16H26N4O2. The maximum Gasteiger partial charge on any atom is 0.407 e. The third kappa shape index (κ3) is 5.60. The molecule has 0 saturated heterocycles. The van der Waals surface area contributed by atoms with Gasteiger partial charge >= 0.3 is 6.09 Å². The molecule has 2 rings (SSSR count). The second kappa shape index (κ2) is 7.54. The Morgan fingerprint density at radius 3 is 2.91 bits per heavy atom. The fourth-order valence-electron chi connectivity index (χ4n) is 2.74. The van der Waals surface area contributed by atoms with Crippen molar-refractivity contribution in [1.29, 1.82) is 0 Å². The number of rotatable bonds is 5. The quantitative estimate of drug-likeness (QED) is 0.872. The van der Waals surface area contributed by atoms with Crippen molar-refractivity contribution >= 4 is 6.09 Å². The van der Waals surface area contributed by atoms with Gasteiger partial charge in [-0.15, -0.1) is 0 Å². The zero-order valence-electron chi connectivity index (χ0n) is 13.6. The number of hydrogen-bond donors (Lipinski definition) is 2. The van der Waals surface area contributed by atoms with Crippen LogP contribution in [0.3, 0.4) is 0 Å². The van der Waals surface area contributed by atoms with E-state index in [4.69, 9.17) is 4.74 Å². The van der Waals surface area contributed by atoms with Gasteiger partial charge in [0, 0.05) is 25.3 Å². The van der Waals surface area contributed by atoms with Crippen molar-refractivity contribution in [3.8, 4) is 0 Å². The Labute approximate surface area is 132 Å². The van der Waals surface area contributed by atoms with Gasteiger partial charge in [0.05, 0.1) is 5.69 Å². The van der Waals surface area contributed by atoms with Gasteiger partial charge < -0.3 is 15.4 Å². The van der Waals surface area contributed by atoms with Crippen LogP contribution in [0.5, 0.6) is 0 Å². The molecule has 0 aromatic carbocycles. The highest BCUT2D eigenvalue weighted by Gasteiger charge is 2.27. The van der Waals surface area contributed by atoms with Gasteiger partial charge in [-0.3, -0.25) is 0 Å². The number of amides is 1. The molecule has 2 unspecified atom stereocenters. The highest BCUT2D eigenvalue weighted by atomic mass is 16.6. The fourth-order valence-corrected chi connectivity index (χ4v) is 2.74. The topological polar surface area (TPSA) is 76.1 Å². The van der Waals surface area contributed by atoms with E-state index < -0.39 is 5.60 Å². The van der Waals surface area contributed by atoms with Crippen LogP contribution in [-0.4, -0.2) is 34.5 Å². The van der Waals surface area contributed by atoms with Gasteiger partial charge in [0.15, 0.2) is 0 Å². The molecule has 6 heteroatoms. The lowest BCUT2D eigenvalue weighted by Crippen LogP contribution is -2.40. The molecule has 0 radical (unpaired) electrons. The molecule has 1 aromatic rings. The number of aromatic nitrogens is 2. The molecule has 122 valence electrons. The Hall–Kier alpha value is -1.69. The molecule has 1 heterocycles. The van der Waals surface area contributed by atoms with Gasteiger partial charge in [-0.2, -0.15) is 10.2 Å². The van der Waals surface area contributed by atoms with Gasteiger partial charge in [-0.05, 0) is 51.7 Å². The summed E-state index contributed by atoms with van der Waals surface area (Å²) in [5, 5.41) is 14.4. The van der Waals surface area contributed by atoms with Gasteiger partial charge in [0.25, 0.3) is 0 Å². The molecule has 0 aliphatic heterocycles. The Kier molecular flexibility index (Phi) is 5.71. The summed E-state index contributed by atoms with van der Waals surface area (Å²) in [7, 11) is 0. The van der Waals surface area contributed by atoms with Crippen molar-refractivity contribution in [1.82, 2.24) is 20.8 Å². The van der Waals surface area contributed by atoms with Crippen LogP contribution in [-0.2, 0) is 11.3 Å². The number of alkyl carbamates (subject to hydrolysis) is 1. The first-order chi connectivity index (χ1) is 10.4. The molecule has 1 aliphatic rings. The highest BCUT2D eigenvalue weighted by Crippen LogP contribution is 2.25. The molecule has 0 bridgehead atoms. The minimum absolute atomic E-state index is 0.341. The van der Waals surface area contributed by atoms with Crippen LogP contribution >= 0.6 is 0 Å². The van der Waals surface area contributed by atoms with Crippen LogP contribution < -0.4 is 10.6 Å². The average Bonchev–Trinajstić information content (AvgIpc) is 2.90.